The van der Waals surface area contributed by atoms with Crippen LogP contribution in [0.3, 0.4) is 0 Å². The SMILES string of the molecule is COc1cccc(/C=C2\CCCC(=C3NCCN3)C2=O)c1. The highest BCUT2D eigenvalue weighted by Gasteiger charge is 2.25. The zero-order valence-corrected chi connectivity index (χ0v) is 12.2. The highest BCUT2D eigenvalue weighted by Crippen LogP contribution is 2.28. The molecule has 0 amide bonds. The quantitative estimate of drug-likeness (QED) is 0.818. The predicted molar refractivity (Wildman–Crippen MR) is 82.9 cm³/mol. The number of allylic oxidation sites excluding steroid dienone is 2. The summed E-state index contributed by atoms with van der Waals surface area (Å²) in [5.41, 5.74) is 2.79. The van der Waals surface area contributed by atoms with Crippen LogP contribution in [0, 0.1) is 0 Å². The number of benzene rings is 1. The number of rotatable bonds is 2. The molecule has 0 spiro atoms. The minimum atomic E-state index is 0.168. The van der Waals surface area contributed by atoms with Crippen LogP contribution in [0.1, 0.15) is 24.8 Å². The molecule has 1 aliphatic heterocycles. The van der Waals surface area contributed by atoms with Crippen LogP contribution in [-0.2, 0) is 4.79 Å². The maximum Gasteiger partial charge on any atom is 0.188 e. The molecular weight excluding hydrogens is 264 g/mol. The number of nitrogens with one attached hydrogen (secondary N) is 2. The van der Waals surface area contributed by atoms with Gasteiger partial charge in [-0.2, -0.15) is 0 Å². The van der Waals surface area contributed by atoms with Crippen LogP contribution < -0.4 is 15.4 Å². The number of carbonyl (C=O) groups is 1. The van der Waals surface area contributed by atoms with Gasteiger partial charge in [-0.15, -0.1) is 0 Å². The lowest BCUT2D eigenvalue weighted by Crippen LogP contribution is -2.22. The van der Waals surface area contributed by atoms with Crippen LogP contribution in [0.5, 0.6) is 5.75 Å². The molecule has 0 radical (unpaired) electrons. The number of hydrogen-bond acceptors (Lipinski definition) is 4. The summed E-state index contributed by atoms with van der Waals surface area (Å²) in [5, 5.41) is 6.52. The monoisotopic (exact) mass is 284 g/mol. The summed E-state index contributed by atoms with van der Waals surface area (Å²) in [6.45, 7) is 1.78. The first-order valence-corrected chi connectivity index (χ1v) is 7.38. The zero-order valence-electron chi connectivity index (χ0n) is 12.2. The van der Waals surface area contributed by atoms with E-state index in [1.807, 2.05) is 30.3 Å². The molecule has 1 aliphatic carbocycles. The van der Waals surface area contributed by atoms with Crippen LogP contribution in [0.15, 0.2) is 41.2 Å². The predicted octanol–water partition coefficient (Wildman–Crippen LogP) is 2.24. The van der Waals surface area contributed by atoms with Gasteiger partial charge in [-0.05, 0) is 43.0 Å². The first kappa shape index (κ1) is 13.7. The zero-order chi connectivity index (χ0) is 14.7. The summed E-state index contributed by atoms with van der Waals surface area (Å²) in [7, 11) is 1.65. The summed E-state index contributed by atoms with van der Waals surface area (Å²) >= 11 is 0. The van der Waals surface area contributed by atoms with Crippen molar-refractivity contribution in [2.24, 2.45) is 0 Å². The Morgan fingerprint density at radius 2 is 2.00 bits per heavy atom. The standard InChI is InChI=1S/C17H20N2O2/c1-21-14-6-2-4-12(11-14)10-13-5-3-7-15(16(13)20)17-18-8-9-19-17/h2,4,6,10-11,18-19H,3,5,7-9H2,1H3/b13-10+. The molecule has 1 saturated carbocycles. The lowest BCUT2D eigenvalue weighted by atomic mass is 9.87. The highest BCUT2D eigenvalue weighted by molar-refractivity contribution is 6.12. The van der Waals surface area contributed by atoms with Gasteiger partial charge < -0.3 is 15.4 Å². The van der Waals surface area contributed by atoms with Crippen LogP contribution in [0.25, 0.3) is 6.08 Å². The van der Waals surface area contributed by atoms with Crippen molar-refractivity contribution in [2.45, 2.75) is 19.3 Å². The number of methoxy groups -OCH3 is 1. The van der Waals surface area contributed by atoms with Crippen LogP contribution in [-0.4, -0.2) is 26.0 Å². The van der Waals surface area contributed by atoms with Crippen LogP contribution in [0.4, 0.5) is 0 Å². The third kappa shape index (κ3) is 2.94. The average molecular weight is 284 g/mol. The number of carbonyl (C=O) groups excluding carboxylic acids is 1. The molecule has 0 unspecified atom stereocenters. The lowest BCUT2D eigenvalue weighted by Gasteiger charge is -2.18. The molecule has 0 aromatic heterocycles. The maximum absolute atomic E-state index is 12.6. The summed E-state index contributed by atoms with van der Waals surface area (Å²) in [5.74, 6) is 1.91. The summed E-state index contributed by atoms with van der Waals surface area (Å²) in [6.07, 6.45) is 4.69. The second-order valence-electron chi connectivity index (χ2n) is 5.34. The van der Waals surface area contributed by atoms with Gasteiger partial charge in [0.15, 0.2) is 5.78 Å². The lowest BCUT2D eigenvalue weighted by molar-refractivity contribution is -0.113. The minimum Gasteiger partial charge on any atom is -0.497 e. The maximum atomic E-state index is 12.6. The molecule has 0 atom stereocenters. The Balaban J connectivity index is 1.89. The largest absolute Gasteiger partial charge is 0.497 e. The fraction of sp³-hybridized carbons (Fsp3) is 0.353. The normalized spacial score (nSPS) is 20.4. The van der Waals surface area contributed by atoms with Gasteiger partial charge in [0.05, 0.1) is 7.11 Å². The van der Waals surface area contributed by atoms with Crippen LogP contribution >= 0.6 is 0 Å². The Morgan fingerprint density at radius 1 is 1.19 bits per heavy atom. The van der Waals surface area contributed by atoms with Gasteiger partial charge in [0.25, 0.3) is 0 Å². The van der Waals surface area contributed by atoms with Gasteiger partial charge in [-0.3, -0.25) is 4.79 Å². The Labute approximate surface area is 124 Å². The molecule has 3 rings (SSSR count). The first-order chi connectivity index (χ1) is 10.3. The molecule has 0 bridgehead atoms. The van der Waals surface area contributed by atoms with Crippen molar-refractivity contribution in [3.05, 3.63) is 46.8 Å². The van der Waals surface area contributed by atoms with E-state index in [9.17, 15) is 4.79 Å². The van der Waals surface area contributed by atoms with Gasteiger partial charge in [0.1, 0.15) is 11.6 Å². The summed E-state index contributed by atoms with van der Waals surface area (Å²) in [4.78, 5) is 12.6. The van der Waals surface area contributed by atoms with E-state index >= 15 is 0 Å². The summed E-state index contributed by atoms with van der Waals surface area (Å²) < 4.78 is 5.23. The van der Waals surface area contributed by atoms with E-state index in [1.54, 1.807) is 7.11 Å². The molecule has 2 aliphatic rings. The third-order valence-electron chi connectivity index (χ3n) is 3.90. The molecule has 2 fully saturated rings. The third-order valence-corrected chi connectivity index (χ3v) is 3.90. The van der Waals surface area contributed by atoms with Crippen molar-refractivity contribution in [2.75, 3.05) is 20.2 Å². The van der Waals surface area contributed by atoms with Crippen molar-refractivity contribution in [1.82, 2.24) is 10.6 Å². The van der Waals surface area contributed by atoms with Crippen molar-refractivity contribution >= 4 is 11.9 Å². The fourth-order valence-corrected chi connectivity index (χ4v) is 2.84. The minimum absolute atomic E-state index is 0.168. The second-order valence-corrected chi connectivity index (χ2v) is 5.34. The Hall–Kier alpha value is -2.23. The molecule has 4 nitrogen and oxygen atoms in total. The van der Waals surface area contributed by atoms with Crippen molar-refractivity contribution in [3.63, 3.8) is 0 Å². The van der Waals surface area contributed by atoms with E-state index in [1.165, 1.54) is 0 Å². The van der Waals surface area contributed by atoms with E-state index in [0.717, 1.165) is 60.6 Å². The Morgan fingerprint density at radius 3 is 2.76 bits per heavy atom. The number of Topliss-reactive ketones (excluding diaryl/α,β-unsaturated/α-hetero) is 1. The van der Waals surface area contributed by atoms with E-state index in [0.29, 0.717) is 0 Å². The van der Waals surface area contributed by atoms with E-state index < -0.39 is 0 Å². The van der Waals surface area contributed by atoms with Crippen molar-refractivity contribution in [3.8, 4) is 5.75 Å². The molecule has 1 heterocycles. The molecule has 1 aromatic rings. The molecule has 110 valence electrons. The molecule has 21 heavy (non-hydrogen) atoms. The van der Waals surface area contributed by atoms with Crippen molar-refractivity contribution in [1.29, 1.82) is 0 Å². The molecule has 4 heteroatoms. The number of hydrogen-bond donors (Lipinski definition) is 2. The Bertz CT molecular complexity index is 609. The Kier molecular flexibility index (Phi) is 3.95. The molecular formula is C17H20N2O2. The van der Waals surface area contributed by atoms with Crippen LogP contribution in [0.2, 0.25) is 0 Å². The second kappa shape index (κ2) is 6.04. The highest BCUT2D eigenvalue weighted by atomic mass is 16.5. The topological polar surface area (TPSA) is 50.4 Å². The van der Waals surface area contributed by atoms with E-state index in [2.05, 4.69) is 10.6 Å². The van der Waals surface area contributed by atoms with Crippen molar-refractivity contribution < 1.29 is 9.53 Å². The van der Waals surface area contributed by atoms with Gasteiger partial charge in [-0.25, -0.2) is 0 Å². The summed E-state index contributed by atoms with van der Waals surface area (Å²) in [6, 6.07) is 7.80. The van der Waals surface area contributed by atoms with Gasteiger partial charge >= 0.3 is 0 Å². The number of ketones is 1. The number of ether oxygens (including phenoxy) is 1. The van der Waals surface area contributed by atoms with E-state index in [4.69, 9.17) is 4.74 Å². The van der Waals surface area contributed by atoms with Gasteiger partial charge in [-0.1, -0.05) is 12.1 Å². The van der Waals surface area contributed by atoms with Gasteiger partial charge in [0.2, 0.25) is 0 Å². The molecule has 1 saturated heterocycles. The smallest absolute Gasteiger partial charge is 0.188 e. The first-order valence-electron chi connectivity index (χ1n) is 7.38. The fourth-order valence-electron chi connectivity index (χ4n) is 2.84. The molecule has 1 aromatic carbocycles. The molecule has 2 N–H and O–H groups in total. The van der Waals surface area contributed by atoms with E-state index in [-0.39, 0.29) is 5.78 Å². The van der Waals surface area contributed by atoms with Gasteiger partial charge in [0, 0.05) is 24.2 Å². The average Bonchev–Trinajstić information content (AvgIpc) is 3.04.